The second-order valence-electron chi connectivity index (χ2n) is 4.74. The predicted octanol–water partition coefficient (Wildman–Crippen LogP) is 1.28. The van der Waals surface area contributed by atoms with Crippen LogP contribution in [0.15, 0.2) is 12.4 Å². The molecule has 0 aromatic carbocycles. The maximum Gasteiger partial charge on any atom is 0.200 e. The first-order valence-electron chi connectivity index (χ1n) is 4.95. The Morgan fingerprint density at radius 2 is 2.50 bits per heavy atom. The number of nitrogen functional groups attached to an aromatic ring is 1. The molecule has 4 heteroatoms. The Morgan fingerprint density at radius 3 is 3.00 bits per heavy atom. The largest absolute Gasteiger partial charge is 0.376 e. The molecule has 1 aliphatic heterocycles. The third kappa shape index (κ3) is 1.90. The average molecular weight is 195 g/mol. The molecule has 1 atom stereocenters. The number of anilines is 1. The monoisotopic (exact) mass is 195 g/mol. The maximum absolute atomic E-state index is 5.69. The summed E-state index contributed by atoms with van der Waals surface area (Å²) in [6, 6.07) is 0. The van der Waals surface area contributed by atoms with E-state index in [1.165, 1.54) is 0 Å². The van der Waals surface area contributed by atoms with Gasteiger partial charge in [-0.1, -0.05) is 13.8 Å². The Bertz CT molecular complexity index is 319. The summed E-state index contributed by atoms with van der Waals surface area (Å²) in [5.41, 5.74) is 5.99. The second kappa shape index (κ2) is 3.28. The van der Waals surface area contributed by atoms with Crippen molar-refractivity contribution < 1.29 is 4.74 Å². The van der Waals surface area contributed by atoms with Gasteiger partial charge in [0.1, 0.15) is 0 Å². The van der Waals surface area contributed by atoms with E-state index in [0.29, 0.717) is 11.4 Å². The van der Waals surface area contributed by atoms with E-state index in [1.54, 1.807) is 6.20 Å². The minimum Gasteiger partial charge on any atom is -0.376 e. The van der Waals surface area contributed by atoms with E-state index in [2.05, 4.69) is 18.8 Å². The van der Waals surface area contributed by atoms with Crippen LogP contribution in [-0.4, -0.2) is 22.3 Å². The molecule has 0 amide bonds. The fourth-order valence-electron chi connectivity index (χ4n) is 1.91. The van der Waals surface area contributed by atoms with Gasteiger partial charge in [0.15, 0.2) is 5.95 Å². The molecule has 78 valence electrons. The maximum atomic E-state index is 5.69. The minimum absolute atomic E-state index is 0.279. The van der Waals surface area contributed by atoms with Crippen LogP contribution in [0.3, 0.4) is 0 Å². The van der Waals surface area contributed by atoms with Crippen molar-refractivity contribution in [1.29, 1.82) is 0 Å². The highest BCUT2D eigenvalue weighted by Gasteiger charge is 2.32. The van der Waals surface area contributed by atoms with Gasteiger partial charge in [0.05, 0.1) is 19.3 Å². The number of aromatic nitrogens is 2. The predicted molar refractivity (Wildman–Crippen MR) is 54.8 cm³/mol. The van der Waals surface area contributed by atoms with Crippen LogP contribution in [0.5, 0.6) is 0 Å². The molecule has 0 spiro atoms. The highest BCUT2D eigenvalue weighted by atomic mass is 16.5. The third-order valence-corrected chi connectivity index (χ3v) is 2.64. The van der Waals surface area contributed by atoms with Gasteiger partial charge in [0.2, 0.25) is 0 Å². The lowest BCUT2D eigenvalue weighted by Crippen LogP contribution is -2.17. The van der Waals surface area contributed by atoms with E-state index in [0.717, 1.165) is 19.6 Å². The SMILES string of the molecule is CC1(C)COC(Cn2ccnc2N)C1. The summed E-state index contributed by atoms with van der Waals surface area (Å²) in [5, 5.41) is 0. The van der Waals surface area contributed by atoms with Crippen LogP contribution in [0.4, 0.5) is 5.95 Å². The summed E-state index contributed by atoms with van der Waals surface area (Å²) in [6.45, 7) is 6.11. The Kier molecular flexibility index (Phi) is 2.23. The van der Waals surface area contributed by atoms with Gasteiger partial charge in [0, 0.05) is 12.4 Å². The van der Waals surface area contributed by atoms with Gasteiger partial charge in [-0.05, 0) is 11.8 Å². The summed E-state index contributed by atoms with van der Waals surface area (Å²) in [7, 11) is 0. The zero-order valence-electron chi connectivity index (χ0n) is 8.73. The lowest BCUT2D eigenvalue weighted by Gasteiger charge is -2.14. The number of nitrogens with zero attached hydrogens (tertiary/aromatic N) is 2. The number of rotatable bonds is 2. The van der Waals surface area contributed by atoms with E-state index < -0.39 is 0 Å². The molecule has 0 saturated carbocycles. The lowest BCUT2D eigenvalue weighted by molar-refractivity contribution is 0.0882. The molecule has 2 rings (SSSR count). The van der Waals surface area contributed by atoms with Crippen LogP contribution < -0.4 is 5.73 Å². The second-order valence-corrected chi connectivity index (χ2v) is 4.74. The number of ether oxygens (including phenoxy) is 1. The van der Waals surface area contributed by atoms with Crippen LogP contribution in [0.1, 0.15) is 20.3 Å². The molecule has 1 fully saturated rings. The van der Waals surface area contributed by atoms with Crippen molar-refractivity contribution in [2.45, 2.75) is 32.9 Å². The molecule has 2 heterocycles. The molecule has 0 bridgehead atoms. The van der Waals surface area contributed by atoms with Crippen molar-refractivity contribution >= 4 is 5.95 Å². The lowest BCUT2D eigenvalue weighted by atomic mass is 9.91. The molecular formula is C10H17N3O. The number of imidazole rings is 1. The normalized spacial score (nSPS) is 25.4. The molecule has 4 nitrogen and oxygen atoms in total. The van der Waals surface area contributed by atoms with Crippen molar-refractivity contribution in [2.24, 2.45) is 5.41 Å². The molecule has 2 N–H and O–H groups in total. The minimum atomic E-state index is 0.279. The van der Waals surface area contributed by atoms with Gasteiger partial charge in [-0.2, -0.15) is 0 Å². The Morgan fingerprint density at radius 1 is 1.71 bits per heavy atom. The topological polar surface area (TPSA) is 53.1 Å². The van der Waals surface area contributed by atoms with Crippen LogP contribution in [0.25, 0.3) is 0 Å². The van der Waals surface area contributed by atoms with Crippen LogP contribution >= 0.6 is 0 Å². The Hall–Kier alpha value is -1.03. The summed E-state index contributed by atoms with van der Waals surface area (Å²) >= 11 is 0. The summed E-state index contributed by atoms with van der Waals surface area (Å²) in [4.78, 5) is 3.98. The first-order chi connectivity index (χ1) is 6.57. The molecular weight excluding hydrogens is 178 g/mol. The molecule has 1 aromatic rings. The standard InChI is InChI=1S/C10H17N3O/c1-10(2)5-8(14-7-10)6-13-4-3-12-9(13)11/h3-4,8H,5-7H2,1-2H3,(H2,11,12). The summed E-state index contributed by atoms with van der Waals surface area (Å²) in [6.07, 6.45) is 4.98. The van der Waals surface area contributed by atoms with Gasteiger partial charge in [-0.3, -0.25) is 0 Å². The van der Waals surface area contributed by atoms with Crippen LogP contribution in [-0.2, 0) is 11.3 Å². The molecule has 1 aliphatic rings. The molecule has 1 saturated heterocycles. The van der Waals surface area contributed by atoms with Gasteiger partial charge >= 0.3 is 0 Å². The first kappa shape index (κ1) is 9.52. The molecule has 0 aliphatic carbocycles. The summed E-state index contributed by atoms with van der Waals surface area (Å²) < 4.78 is 7.63. The summed E-state index contributed by atoms with van der Waals surface area (Å²) in [5.74, 6) is 0.568. The Balaban J connectivity index is 1.97. The van der Waals surface area contributed by atoms with Crippen LogP contribution in [0.2, 0.25) is 0 Å². The van der Waals surface area contributed by atoms with Crippen molar-refractivity contribution in [3.63, 3.8) is 0 Å². The van der Waals surface area contributed by atoms with Gasteiger partial charge in [0.25, 0.3) is 0 Å². The molecule has 1 unspecified atom stereocenters. The quantitative estimate of drug-likeness (QED) is 0.773. The highest BCUT2D eigenvalue weighted by molar-refractivity contribution is 5.16. The van der Waals surface area contributed by atoms with Crippen molar-refractivity contribution in [3.05, 3.63) is 12.4 Å². The zero-order valence-corrected chi connectivity index (χ0v) is 8.73. The van der Waals surface area contributed by atoms with Crippen molar-refractivity contribution in [1.82, 2.24) is 9.55 Å². The van der Waals surface area contributed by atoms with E-state index in [1.807, 2.05) is 10.8 Å². The fourth-order valence-corrected chi connectivity index (χ4v) is 1.91. The number of hydrogen-bond donors (Lipinski definition) is 1. The highest BCUT2D eigenvalue weighted by Crippen LogP contribution is 2.32. The molecule has 0 radical (unpaired) electrons. The van der Waals surface area contributed by atoms with E-state index in [9.17, 15) is 0 Å². The van der Waals surface area contributed by atoms with E-state index >= 15 is 0 Å². The van der Waals surface area contributed by atoms with E-state index in [-0.39, 0.29) is 6.10 Å². The average Bonchev–Trinajstić information content (AvgIpc) is 2.61. The van der Waals surface area contributed by atoms with Gasteiger partial charge in [-0.25, -0.2) is 4.98 Å². The van der Waals surface area contributed by atoms with Crippen molar-refractivity contribution in [3.8, 4) is 0 Å². The van der Waals surface area contributed by atoms with Crippen LogP contribution in [0, 0.1) is 5.41 Å². The zero-order chi connectivity index (χ0) is 10.2. The Labute approximate surface area is 84.1 Å². The van der Waals surface area contributed by atoms with Gasteiger partial charge < -0.3 is 15.0 Å². The number of nitrogens with two attached hydrogens (primary N) is 1. The molecule has 14 heavy (non-hydrogen) atoms. The third-order valence-electron chi connectivity index (χ3n) is 2.64. The molecule has 1 aromatic heterocycles. The number of hydrogen-bond acceptors (Lipinski definition) is 3. The first-order valence-corrected chi connectivity index (χ1v) is 4.95. The van der Waals surface area contributed by atoms with Crippen molar-refractivity contribution in [2.75, 3.05) is 12.3 Å². The fraction of sp³-hybridized carbons (Fsp3) is 0.700. The smallest absolute Gasteiger partial charge is 0.200 e. The van der Waals surface area contributed by atoms with E-state index in [4.69, 9.17) is 10.5 Å². The van der Waals surface area contributed by atoms with Gasteiger partial charge in [-0.15, -0.1) is 0 Å².